The van der Waals surface area contributed by atoms with Crippen LogP contribution in [0.3, 0.4) is 0 Å². The van der Waals surface area contributed by atoms with Crippen LogP contribution in [0.2, 0.25) is 5.02 Å². The molecule has 0 radical (unpaired) electrons. The molecule has 1 unspecified atom stereocenters. The fourth-order valence-corrected chi connectivity index (χ4v) is 3.61. The molecule has 0 amide bonds. The van der Waals surface area contributed by atoms with Crippen LogP contribution in [0, 0.1) is 0 Å². The first-order chi connectivity index (χ1) is 11.6. The van der Waals surface area contributed by atoms with E-state index in [1.54, 1.807) is 0 Å². The van der Waals surface area contributed by atoms with E-state index in [-0.39, 0.29) is 6.10 Å². The van der Waals surface area contributed by atoms with E-state index in [2.05, 4.69) is 55.3 Å². The van der Waals surface area contributed by atoms with Gasteiger partial charge in [-0.2, -0.15) is 0 Å². The lowest BCUT2D eigenvalue weighted by Gasteiger charge is -2.35. The molecule has 3 rings (SSSR count). The van der Waals surface area contributed by atoms with Gasteiger partial charge in [0, 0.05) is 11.6 Å². The Labute approximate surface area is 150 Å². The van der Waals surface area contributed by atoms with Gasteiger partial charge in [0.2, 0.25) is 0 Å². The number of halogens is 1. The summed E-state index contributed by atoms with van der Waals surface area (Å²) in [5.41, 5.74) is 1.88. The minimum absolute atomic E-state index is 0.274. The van der Waals surface area contributed by atoms with Gasteiger partial charge in [0.05, 0.1) is 6.10 Å². The van der Waals surface area contributed by atoms with Crippen molar-refractivity contribution in [3.63, 3.8) is 0 Å². The van der Waals surface area contributed by atoms with Gasteiger partial charge in [0.15, 0.2) is 0 Å². The van der Waals surface area contributed by atoms with Gasteiger partial charge < -0.3 is 9.64 Å². The first-order valence-electron chi connectivity index (χ1n) is 8.76. The summed E-state index contributed by atoms with van der Waals surface area (Å²) in [6.07, 6.45) is 3.65. The average Bonchev–Trinajstić information content (AvgIpc) is 2.80. The summed E-state index contributed by atoms with van der Waals surface area (Å²) < 4.78 is 6.75. The third-order valence-corrected chi connectivity index (χ3v) is 5.27. The molecular formula is C21H26ClNO. The second kappa shape index (κ2) is 7.69. The molecule has 2 nitrogen and oxygen atoms in total. The highest BCUT2D eigenvalue weighted by Crippen LogP contribution is 2.36. The second-order valence-corrected chi connectivity index (χ2v) is 7.32. The highest BCUT2D eigenvalue weighted by atomic mass is 35.5. The summed E-state index contributed by atoms with van der Waals surface area (Å²) in [5.74, 6) is 0. The first kappa shape index (κ1) is 17.5. The van der Waals surface area contributed by atoms with E-state index in [1.165, 1.54) is 12.0 Å². The maximum atomic E-state index is 6.75. The normalized spacial score (nSPS) is 21.9. The summed E-state index contributed by atoms with van der Waals surface area (Å²) in [5, 5.41) is 0.755. The molecule has 0 bridgehead atoms. The zero-order valence-corrected chi connectivity index (χ0v) is 15.3. The highest BCUT2D eigenvalue weighted by Gasteiger charge is 2.33. The van der Waals surface area contributed by atoms with Gasteiger partial charge in [-0.3, -0.25) is 0 Å². The Balaban J connectivity index is 1.91. The van der Waals surface area contributed by atoms with Crippen molar-refractivity contribution in [2.24, 2.45) is 0 Å². The van der Waals surface area contributed by atoms with Gasteiger partial charge in [-0.15, -0.1) is 0 Å². The maximum absolute atomic E-state index is 6.75. The zero-order chi connectivity index (χ0) is 17.0. The third kappa shape index (κ3) is 4.00. The number of hydrogen-bond acceptors (Lipinski definition) is 2. The van der Waals surface area contributed by atoms with E-state index in [1.807, 2.05) is 18.2 Å². The summed E-state index contributed by atoms with van der Waals surface area (Å²) >= 11 is 6.09. The van der Waals surface area contributed by atoms with Crippen molar-refractivity contribution in [3.8, 4) is 0 Å². The summed E-state index contributed by atoms with van der Waals surface area (Å²) in [4.78, 5) is 2.39. The lowest BCUT2D eigenvalue weighted by Crippen LogP contribution is -2.33. The van der Waals surface area contributed by atoms with Crippen molar-refractivity contribution >= 4 is 11.6 Å². The van der Waals surface area contributed by atoms with Crippen LogP contribution in [0.5, 0.6) is 0 Å². The smallest absolute Gasteiger partial charge is 0.116 e. The molecule has 1 saturated heterocycles. The predicted molar refractivity (Wildman–Crippen MR) is 101 cm³/mol. The standard InChI is InChI=1S/C21H26ClNO/c1-21(17-7-4-3-5-8-17,18-10-12-19(22)13-11-18)24-20-9-6-15-23(2)16-14-20/h3-5,7-8,10-13,20H,6,9,14-16H2,1-2H3/t20?,21-/m1/s1. The Morgan fingerprint density at radius 3 is 2.33 bits per heavy atom. The molecule has 128 valence electrons. The molecule has 2 aromatic rings. The Hall–Kier alpha value is -1.35. The SMILES string of the molecule is CN1CCCC(O[C@](C)(c2ccccc2)c2ccc(Cl)cc2)CC1. The predicted octanol–water partition coefficient (Wildman–Crippen LogP) is 5.10. The van der Waals surface area contributed by atoms with E-state index in [0.29, 0.717) is 0 Å². The number of hydrogen-bond donors (Lipinski definition) is 0. The molecule has 0 aliphatic carbocycles. The lowest BCUT2D eigenvalue weighted by molar-refractivity contribution is -0.0665. The number of benzene rings is 2. The molecule has 0 saturated carbocycles. The van der Waals surface area contributed by atoms with Crippen LogP contribution in [0.25, 0.3) is 0 Å². The van der Waals surface area contributed by atoms with Gasteiger partial charge in [-0.1, -0.05) is 54.1 Å². The van der Waals surface area contributed by atoms with Crippen LogP contribution in [-0.2, 0) is 10.3 Å². The van der Waals surface area contributed by atoms with Gasteiger partial charge in [0.25, 0.3) is 0 Å². The van der Waals surface area contributed by atoms with Crippen LogP contribution in [0.15, 0.2) is 54.6 Å². The third-order valence-electron chi connectivity index (χ3n) is 5.02. The van der Waals surface area contributed by atoms with Gasteiger partial charge in [0.1, 0.15) is 5.60 Å². The average molecular weight is 344 g/mol. The van der Waals surface area contributed by atoms with E-state index in [9.17, 15) is 0 Å². The van der Waals surface area contributed by atoms with Crippen LogP contribution < -0.4 is 0 Å². The molecule has 1 heterocycles. The topological polar surface area (TPSA) is 12.5 Å². The van der Waals surface area contributed by atoms with Crippen molar-refractivity contribution in [1.29, 1.82) is 0 Å². The molecule has 0 N–H and O–H groups in total. The van der Waals surface area contributed by atoms with E-state index < -0.39 is 5.60 Å². The minimum Gasteiger partial charge on any atom is -0.363 e. The minimum atomic E-state index is -0.459. The number of rotatable bonds is 4. The Morgan fingerprint density at radius 1 is 0.958 bits per heavy atom. The van der Waals surface area contributed by atoms with E-state index in [0.717, 1.165) is 36.5 Å². The first-order valence-corrected chi connectivity index (χ1v) is 9.13. The lowest BCUT2D eigenvalue weighted by atomic mass is 9.87. The second-order valence-electron chi connectivity index (χ2n) is 6.88. The number of nitrogens with zero attached hydrogens (tertiary/aromatic N) is 1. The monoisotopic (exact) mass is 343 g/mol. The molecule has 1 aliphatic rings. The fraction of sp³-hybridized carbons (Fsp3) is 0.429. The molecule has 1 fully saturated rings. The molecule has 2 aromatic carbocycles. The van der Waals surface area contributed by atoms with Crippen LogP contribution in [0.1, 0.15) is 37.3 Å². The zero-order valence-electron chi connectivity index (χ0n) is 14.5. The molecule has 24 heavy (non-hydrogen) atoms. The Morgan fingerprint density at radius 2 is 1.62 bits per heavy atom. The fourth-order valence-electron chi connectivity index (χ4n) is 3.49. The molecule has 3 heteroatoms. The Bertz CT molecular complexity index is 643. The van der Waals surface area contributed by atoms with E-state index in [4.69, 9.17) is 16.3 Å². The van der Waals surface area contributed by atoms with Crippen molar-refractivity contribution < 1.29 is 4.74 Å². The number of ether oxygens (including phenoxy) is 1. The van der Waals surface area contributed by atoms with Crippen LogP contribution >= 0.6 is 11.6 Å². The summed E-state index contributed by atoms with van der Waals surface area (Å²) in [6, 6.07) is 18.6. The molecule has 0 aromatic heterocycles. The van der Waals surface area contributed by atoms with Crippen LogP contribution in [-0.4, -0.2) is 31.1 Å². The van der Waals surface area contributed by atoms with Gasteiger partial charge in [-0.25, -0.2) is 0 Å². The van der Waals surface area contributed by atoms with Gasteiger partial charge in [-0.05, 0) is 63.0 Å². The molecular weight excluding hydrogens is 318 g/mol. The maximum Gasteiger partial charge on any atom is 0.116 e. The Kier molecular flexibility index (Phi) is 5.60. The molecule has 1 aliphatic heterocycles. The van der Waals surface area contributed by atoms with Gasteiger partial charge >= 0.3 is 0 Å². The highest BCUT2D eigenvalue weighted by molar-refractivity contribution is 6.30. The summed E-state index contributed by atoms with van der Waals surface area (Å²) in [6.45, 7) is 4.43. The largest absolute Gasteiger partial charge is 0.363 e. The molecule has 0 spiro atoms. The van der Waals surface area contributed by atoms with Crippen molar-refractivity contribution in [2.45, 2.75) is 37.9 Å². The van der Waals surface area contributed by atoms with Crippen LogP contribution in [0.4, 0.5) is 0 Å². The molecule has 2 atom stereocenters. The number of likely N-dealkylation sites (tertiary alicyclic amines) is 1. The van der Waals surface area contributed by atoms with Crippen molar-refractivity contribution in [1.82, 2.24) is 4.90 Å². The summed E-state index contributed by atoms with van der Waals surface area (Å²) in [7, 11) is 2.19. The van der Waals surface area contributed by atoms with Crippen molar-refractivity contribution in [2.75, 3.05) is 20.1 Å². The van der Waals surface area contributed by atoms with E-state index >= 15 is 0 Å². The van der Waals surface area contributed by atoms with Crippen molar-refractivity contribution in [3.05, 3.63) is 70.7 Å². The quantitative estimate of drug-likeness (QED) is 0.765.